The van der Waals surface area contributed by atoms with Gasteiger partial charge in [-0.05, 0) is 24.1 Å². The Balaban J connectivity index is 1.64. The molecule has 0 bridgehead atoms. The Hall–Kier alpha value is -3.02. The molecule has 2 aromatic carbocycles. The highest BCUT2D eigenvalue weighted by molar-refractivity contribution is 7.92. The first kappa shape index (κ1) is 24.6. The van der Waals surface area contributed by atoms with Gasteiger partial charge in [-0.3, -0.25) is 24.1 Å². The number of hydrogen-bond donors (Lipinski definition) is 1. The fourth-order valence-corrected chi connectivity index (χ4v) is 4.84. The molecule has 3 rings (SSSR count). The van der Waals surface area contributed by atoms with Crippen LogP contribution in [0.1, 0.15) is 18.1 Å². The van der Waals surface area contributed by atoms with Crippen molar-refractivity contribution in [3.8, 4) is 0 Å². The van der Waals surface area contributed by atoms with Crippen molar-refractivity contribution in [1.29, 1.82) is 0 Å². The Bertz CT molecular complexity index is 1080. The minimum atomic E-state index is -3.87. The first-order valence-corrected chi connectivity index (χ1v) is 12.4. The van der Waals surface area contributed by atoms with E-state index in [0.29, 0.717) is 0 Å². The van der Waals surface area contributed by atoms with Crippen molar-refractivity contribution < 1.29 is 22.9 Å². The van der Waals surface area contributed by atoms with Gasteiger partial charge in [-0.15, -0.1) is 0 Å². The number of rotatable bonds is 9. The average molecular weight is 477 g/mol. The van der Waals surface area contributed by atoms with E-state index in [1.165, 1.54) is 25.1 Å². The second kappa shape index (κ2) is 10.7. The van der Waals surface area contributed by atoms with Crippen LogP contribution in [0.2, 0.25) is 0 Å². The molecule has 33 heavy (non-hydrogen) atoms. The van der Waals surface area contributed by atoms with Gasteiger partial charge in [0.15, 0.2) is 0 Å². The smallest absolute Gasteiger partial charge is 0.271 e. The lowest BCUT2D eigenvalue weighted by molar-refractivity contribution is -0.384. The number of benzene rings is 2. The van der Waals surface area contributed by atoms with Crippen molar-refractivity contribution in [3.05, 3.63) is 69.8 Å². The summed E-state index contributed by atoms with van der Waals surface area (Å²) in [5.41, 5.74) is 1.84. The number of carbonyl (C=O) groups is 1. The van der Waals surface area contributed by atoms with Crippen LogP contribution in [0.3, 0.4) is 0 Å². The molecule has 1 aliphatic heterocycles. The van der Waals surface area contributed by atoms with Crippen molar-refractivity contribution in [3.63, 3.8) is 0 Å². The number of nitro groups is 1. The summed E-state index contributed by atoms with van der Waals surface area (Å²) in [6, 6.07) is 12.0. The number of sulfonamides is 1. The number of carbonyl (C=O) groups excluding carboxylic acids is 1. The molecule has 0 aromatic heterocycles. The molecule has 1 fully saturated rings. The predicted molar refractivity (Wildman–Crippen MR) is 124 cm³/mol. The molecule has 0 saturated carbocycles. The molecule has 11 heteroatoms. The van der Waals surface area contributed by atoms with Gasteiger partial charge in [-0.1, -0.05) is 30.3 Å². The van der Waals surface area contributed by atoms with Crippen molar-refractivity contribution in [2.24, 2.45) is 0 Å². The molecule has 1 saturated heterocycles. The molecule has 1 N–H and O–H groups in total. The third-order valence-electron chi connectivity index (χ3n) is 5.38. The van der Waals surface area contributed by atoms with Crippen molar-refractivity contribution in [2.45, 2.75) is 26.1 Å². The highest BCUT2D eigenvalue weighted by Gasteiger charge is 2.30. The third-order valence-corrected chi connectivity index (χ3v) is 6.62. The number of nitrogens with zero attached hydrogens (tertiary/aromatic N) is 3. The molecule has 0 aliphatic carbocycles. The van der Waals surface area contributed by atoms with E-state index >= 15 is 0 Å². The van der Waals surface area contributed by atoms with Gasteiger partial charge in [-0.2, -0.15) is 0 Å². The second-order valence-corrected chi connectivity index (χ2v) is 9.79. The molecule has 2 aromatic rings. The van der Waals surface area contributed by atoms with Crippen molar-refractivity contribution in [1.82, 2.24) is 10.2 Å². The topological polar surface area (TPSA) is 122 Å². The number of nitrogens with one attached hydrogen (secondary N) is 1. The maximum absolute atomic E-state index is 12.8. The lowest BCUT2D eigenvalue weighted by Gasteiger charge is -2.28. The van der Waals surface area contributed by atoms with E-state index < -0.39 is 26.9 Å². The van der Waals surface area contributed by atoms with Gasteiger partial charge < -0.3 is 10.1 Å². The largest absolute Gasteiger partial charge is 0.379 e. The summed E-state index contributed by atoms with van der Waals surface area (Å²) < 4.78 is 31.0. The van der Waals surface area contributed by atoms with Gasteiger partial charge in [0.1, 0.15) is 6.04 Å². The van der Waals surface area contributed by atoms with Crippen molar-refractivity contribution >= 4 is 27.3 Å². The zero-order valence-corrected chi connectivity index (χ0v) is 19.5. The summed E-state index contributed by atoms with van der Waals surface area (Å²) in [7, 11) is -3.87. The zero-order chi connectivity index (χ0) is 24.0. The Morgan fingerprint density at radius 1 is 1.18 bits per heavy atom. The molecule has 1 unspecified atom stereocenters. The lowest BCUT2D eigenvalue weighted by atomic mass is 10.1. The van der Waals surface area contributed by atoms with Crippen LogP contribution in [0.5, 0.6) is 0 Å². The minimum absolute atomic E-state index is 0.0572. The van der Waals surface area contributed by atoms with Crippen LogP contribution in [-0.4, -0.2) is 62.7 Å². The summed E-state index contributed by atoms with van der Waals surface area (Å²) in [5, 5.41) is 13.8. The molecule has 1 heterocycles. The summed E-state index contributed by atoms with van der Waals surface area (Å²) in [5.74, 6) is -0.510. The summed E-state index contributed by atoms with van der Waals surface area (Å²) >= 11 is 0. The molecular weight excluding hydrogens is 448 g/mol. The van der Waals surface area contributed by atoms with Crippen LogP contribution in [0.25, 0.3) is 0 Å². The van der Waals surface area contributed by atoms with E-state index in [-0.39, 0.29) is 17.9 Å². The number of nitro benzene ring substituents is 1. The first-order valence-electron chi connectivity index (χ1n) is 10.5. The molecular formula is C22H28N4O6S. The molecule has 0 radical (unpaired) electrons. The van der Waals surface area contributed by atoms with E-state index in [2.05, 4.69) is 10.2 Å². The van der Waals surface area contributed by atoms with E-state index in [1.807, 2.05) is 24.3 Å². The SMILES string of the molecule is CC(C(=O)NCc1ccc(CN2CCOCC2)cc1)N(c1cccc([N+](=O)[O-])c1)S(C)(=O)=O. The Morgan fingerprint density at radius 2 is 1.82 bits per heavy atom. The number of hydrogen-bond acceptors (Lipinski definition) is 7. The third kappa shape index (κ3) is 6.73. The average Bonchev–Trinajstić information content (AvgIpc) is 2.78. The van der Waals surface area contributed by atoms with Crippen molar-refractivity contribution in [2.75, 3.05) is 36.9 Å². The van der Waals surface area contributed by atoms with E-state index in [0.717, 1.165) is 60.6 Å². The second-order valence-electron chi connectivity index (χ2n) is 7.93. The number of morpholine rings is 1. The highest BCUT2D eigenvalue weighted by Crippen LogP contribution is 2.25. The number of non-ortho nitro benzene ring substituents is 1. The first-order chi connectivity index (χ1) is 15.6. The fourth-order valence-electron chi connectivity index (χ4n) is 3.67. The van der Waals surface area contributed by atoms with Crippen LogP contribution < -0.4 is 9.62 Å². The number of anilines is 1. The van der Waals surface area contributed by atoms with Crippen LogP contribution >= 0.6 is 0 Å². The molecule has 1 atom stereocenters. The van der Waals surface area contributed by atoms with Gasteiger partial charge in [0.25, 0.3) is 5.69 Å². The number of amides is 1. The monoisotopic (exact) mass is 476 g/mol. The van der Waals surface area contributed by atoms with Gasteiger partial charge in [-0.25, -0.2) is 8.42 Å². The Labute approximate surface area is 193 Å². The Morgan fingerprint density at radius 3 is 2.42 bits per heavy atom. The van der Waals surface area contributed by atoms with Crippen LogP contribution in [0.4, 0.5) is 11.4 Å². The van der Waals surface area contributed by atoms with Gasteiger partial charge in [0.2, 0.25) is 15.9 Å². The van der Waals surface area contributed by atoms with Crippen LogP contribution in [0.15, 0.2) is 48.5 Å². The number of ether oxygens (including phenoxy) is 1. The normalized spacial score (nSPS) is 15.6. The fraction of sp³-hybridized carbons (Fsp3) is 0.409. The summed E-state index contributed by atoms with van der Waals surface area (Å²) in [6.45, 7) is 5.79. The van der Waals surface area contributed by atoms with Gasteiger partial charge in [0.05, 0.1) is 30.1 Å². The van der Waals surface area contributed by atoms with Gasteiger partial charge >= 0.3 is 0 Å². The van der Waals surface area contributed by atoms with Crippen LogP contribution in [-0.2, 0) is 32.6 Å². The quantitative estimate of drug-likeness (QED) is 0.433. The molecule has 10 nitrogen and oxygen atoms in total. The Kier molecular flexibility index (Phi) is 8.01. The maximum Gasteiger partial charge on any atom is 0.271 e. The minimum Gasteiger partial charge on any atom is -0.379 e. The predicted octanol–water partition coefficient (Wildman–Crippen LogP) is 1.90. The summed E-state index contributed by atoms with van der Waals surface area (Å²) in [6.07, 6.45) is 0.961. The summed E-state index contributed by atoms with van der Waals surface area (Å²) in [4.78, 5) is 25.5. The standard InChI is InChI=1S/C22H28N4O6S/c1-17(25(33(2,30)31)20-4-3-5-21(14-20)26(28)29)22(27)23-15-18-6-8-19(9-7-18)16-24-10-12-32-13-11-24/h3-9,14,17H,10-13,15-16H2,1-2H3,(H,23,27). The van der Waals surface area contributed by atoms with E-state index in [9.17, 15) is 23.3 Å². The maximum atomic E-state index is 12.8. The molecule has 1 aliphatic rings. The molecule has 0 spiro atoms. The highest BCUT2D eigenvalue weighted by atomic mass is 32.2. The van der Waals surface area contributed by atoms with E-state index in [1.54, 1.807) is 0 Å². The zero-order valence-electron chi connectivity index (χ0n) is 18.6. The molecule has 178 valence electrons. The lowest BCUT2D eigenvalue weighted by Crippen LogP contribution is -2.47. The van der Waals surface area contributed by atoms with Gasteiger partial charge in [0, 0.05) is 38.3 Å². The van der Waals surface area contributed by atoms with Crippen LogP contribution in [0, 0.1) is 10.1 Å². The molecule has 1 amide bonds. The van der Waals surface area contributed by atoms with E-state index in [4.69, 9.17) is 4.74 Å².